The normalized spacial score (nSPS) is 11.1. The fourth-order valence-corrected chi connectivity index (χ4v) is 3.21. The molecule has 0 aliphatic rings. The van der Waals surface area contributed by atoms with Gasteiger partial charge in [-0.25, -0.2) is 0 Å². The quantitative estimate of drug-likeness (QED) is 0.527. The molecule has 136 valence electrons. The molecule has 4 rings (SSSR count). The number of aromatic amines is 2. The Morgan fingerprint density at radius 1 is 1.19 bits per heavy atom. The van der Waals surface area contributed by atoms with Crippen LogP contribution in [0.4, 0.5) is 0 Å². The molecule has 0 atom stereocenters. The van der Waals surface area contributed by atoms with Crippen molar-refractivity contribution in [3.63, 3.8) is 0 Å². The summed E-state index contributed by atoms with van der Waals surface area (Å²) in [6.45, 7) is 2.04. The number of hydrogen-bond donors (Lipinski definition) is 2. The van der Waals surface area contributed by atoms with Crippen LogP contribution in [0, 0.1) is 6.92 Å². The Kier molecular flexibility index (Phi) is 4.59. The van der Waals surface area contributed by atoms with Crippen molar-refractivity contribution in [3.05, 3.63) is 74.4 Å². The molecule has 0 unspecified atom stereocenters. The molecule has 0 amide bonds. The lowest BCUT2D eigenvalue weighted by Gasteiger charge is -2.11. The number of fused-ring (bicyclic) bond motifs is 1. The molecule has 0 spiro atoms. The summed E-state index contributed by atoms with van der Waals surface area (Å²) < 4.78 is 5.90. The standard InChI is InChI=1S/C19H14Cl2N4O2/c1-10-18(21)14(15(20)8-22-10)9-27-12-3-4-16-13(6-12)19(25-24-16)11-2-5-17(26)23-7-11/h2-8H,9H2,1H3,(H,23,26)(H,24,25). The minimum absolute atomic E-state index is 0.163. The van der Waals surface area contributed by atoms with E-state index in [-0.39, 0.29) is 12.2 Å². The maximum Gasteiger partial charge on any atom is 0.247 e. The van der Waals surface area contributed by atoms with Crippen molar-refractivity contribution in [2.45, 2.75) is 13.5 Å². The molecule has 0 bridgehead atoms. The summed E-state index contributed by atoms with van der Waals surface area (Å²) in [7, 11) is 0. The molecule has 0 aliphatic carbocycles. The van der Waals surface area contributed by atoms with E-state index in [0.717, 1.165) is 22.2 Å². The highest BCUT2D eigenvalue weighted by Crippen LogP contribution is 2.31. The van der Waals surface area contributed by atoms with Crippen LogP contribution in [0.25, 0.3) is 22.2 Å². The first-order valence-electron chi connectivity index (χ1n) is 8.12. The lowest BCUT2D eigenvalue weighted by Crippen LogP contribution is -2.01. The minimum Gasteiger partial charge on any atom is -0.489 e. The van der Waals surface area contributed by atoms with Crippen LogP contribution >= 0.6 is 23.2 Å². The highest BCUT2D eigenvalue weighted by molar-refractivity contribution is 6.36. The van der Waals surface area contributed by atoms with Gasteiger partial charge in [-0.05, 0) is 31.2 Å². The summed E-state index contributed by atoms with van der Waals surface area (Å²) in [5.41, 5.74) is 3.61. The van der Waals surface area contributed by atoms with Gasteiger partial charge in [0.05, 0.1) is 21.3 Å². The van der Waals surface area contributed by atoms with Crippen molar-refractivity contribution < 1.29 is 4.74 Å². The van der Waals surface area contributed by atoms with Crippen molar-refractivity contribution in [2.75, 3.05) is 0 Å². The number of H-pyrrole nitrogens is 2. The fraction of sp³-hybridized carbons (Fsp3) is 0.105. The van der Waals surface area contributed by atoms with Gasteiger partial charge in [0, 0.05) is 35.0 Å². The van der Waals surface area contributed by atoms with E-state index in [4.69, 9.17) is 27.9 Å². The Hall–Kier alpha value is -2.83. The SMILES string of the molecule is Cc1ncc(Cl)c(COc2ccc3[nH]nc(-c4ccc(=O)[nH]c4)c3c2)c1Cl. The van der Waals surface area contributed by atoms with Gasteiger partial charge in [-0.1, -0.05) is 23.2 Å². The van der Waals surface area contributed by atoms with Crippen LogP contribution in [0.3, 0.4) is 0 Å². The number of rotatable bonds is 4. The molecule has 6 nitrogen and oxygen atoms in total. The number of aromatic nitrogens is 4. The molecule has 4 aromatic rings. The first-order chi connectivity index (χ1) is 13.0. The number of nitrogens with zero attached hydrogens (tertiary/aromatic N) is 2. The van der Waals surface area contributed by atoms with Gasteiger partial charge in [-0.3, -0.25) is 14.9 Å². The molecule has 0 radical (unpaired) electrons. The van der Waals surface area contributed by atoms with E-state index in [1.807, 2.05) is 25.1 Å². The third-order valence-electron chi connectivity index (χ3n) is 4.22. The van der Waals surface area contributed by atoms with Crippen LogP contribution in [0.1, 0.15) is 11.3 Å². The summed E-state index contributed by atoms with van der Waals surface area (Å²) in [5.74, 6) is 0.649. The second-order valence-electron chi connectivity index (χ2n) is 5.99. The number of halogens is 2. The van der Waals surface area contributed by atoms with Crippen LogP contribution in [0.2, 0.25) is 10.0 Å². The Morgan fingerprint density at radius 3 is 2.81 bits per heavy atom. The molecule has 0 saturated carbocycles. The maximum absolute atomic E-state index is 11.3. The van der Waals surface area contributed by atoms with Crippen molar-refractivity contribution in [1.82, 2.24) is 20.2 Å². The summed E-state index contributed by atoms with van der Waals surface area (Å²) in [6.07, 6.45) is 3.19. The van der Waals surface area contributed by atoms with Crippen LogP contribution in [-0.2, 0) is 6.61 Å². The summed E-state index contributed by atoms with van der Waals surface area (Å²) in [6, 6.07) is 8.79. The summed E-state index contributed by atoms with van der Waals surface area (Å²) in [4.78, 5) is 18.1. The van der Waals surface area contributed by atoms with Gasteiger partial charge < -0.3 is 9.72 Å². The Labute approximate surface area is 164 Å². The monoisotopic (exact) mass is 400 g/mol. The fourth-order valence-electron chi connectivity index (χ4n) is 2.76. The molecular weight excluding hydrogens is 387 g/mol. The lowest BCUT2D eigenvalue weighted by molar-refractivity contribution is 0.306. The van der Waals surface area contributed by atoms with Crippen LogP contribution in [-0.4, -0.2) is 20.2 Å². The predicted octanol–water partition coefficient (Wildman–Crippen LogP) is 4.51. The van der Waals surface area contributed by atoms with Crippen LogP contribution in [0.15, 0.2) is 47.5 Å². The topological polar surface area (TPSA) is 83.7 Å². The smallest absolute Gasteiger partial charge is 0.247 e. The largest absolute Gasteiger partial charge is 0.489 e. The second kappa shape index (κ2) is 7.06. The number of pyridine rings is 2. The second-order valence-corrected chi connectivity index (χ2v) is 6.78. The highest BCUT2D eigenvalue weighted by atomic mass is 35.5. The van der Waals surface area contributed by atoms with E-state index >= 15 is 0 Å². The average Bonchev–Trinajstić information content (AvgIpc) is 3.09. The van der Waals surface area contributed by atoms with Crippen molar-refractivity contribution in [1.29, 1.82) is 0 Å². The molecule has 0 saturated heterocycles. The van der Waals surface area contributed by atoms with E-state index in [0.29, 0.717) is 27.1 Å². The third kappa shape index (κ3) is 3.41. The average molecular weight is 401 g/mol. The van der Waals surface area contributed by atoms with E-state index in [9.17, 15) is 4.79 Å². The van der Waals surface area contributed by atoms with Gasteiger partial charge in [0.25, 0.3) is 0 Å². The van der Waals surface area contributed by atoms with Gasteiger partial charge in [0.1, 0.15) is 18.1 Å². The van der Waals surface area contributed by atoms with Crippen molar-refractivity contribution in [2.24, 2.45) is 0 Å². The van der Waals surface area contributed by atoms with Gasteiger partial charge in [-0.15, -0.1) is 0 Å². The Balaban J connectivity index is 1.66. The summed E-state index contributed by atoms with van der Waals surface area (Å²) in [5, 5.41) is 9.16. The van der Waals surface area contributed by atoms with E-state index in [1.165, 1.54) is 6.07 Å². The molecule has 0 aliphatic heterocycles. The first-order valence-corrected chi connectivity index (χ1v) is 8.88. The van der Waals surface area contributed by atoms with Gasteiger partial charge in [-0.2, -0.15) is 5.10 Å². The third-order valence-corrected chi connectivity index (χ3v) is 5.04. The van der Waals surface area contributed by atoms with E-state index in [2.05, 4.69) is 20.2 Å². The predicted molar refractivity (Wildman–Crippen MR) is 105 cm³/mol. The molecular formula is C19H14Cl2N4O2. The number of hydrogen-bond acceptors (Lipinski definition) is 4. The molecule has 8 heteroatoms. The van der Waals surface area contributed by atoms with Gasteiger partial charge >= 0.3 is 0 Å². The Bertz CT molecular complexity index is 1180. The zero-order valence-corrected chi connectivity index (χ0v) is 15.7. The Morgan fingerprint density at radius 2 is 2.04 bits per heavy atom. The van der Waals surface area contributed by atoms with Crippen molar-refractivity contribution in [3.8, 4) is 17.0 Å². The lowest BCUT2D eigenvalue weighted by atomic mass is 10.1. The minimum atomic E-state index is -0.163. The number of nitrogens with one attached hydrogen (secondary N) is 2. The number of ether oxygens (including phenoxy) is 1. The number of aryl methyl sites for hydroxylation is 1. The number of benzene rings is 1. The van der Waals surface area contributed by atoms with E-state index in [1.54, 1.807) is 18.5 Å². The zero-order chi connectivity index (χ0) is 19.0. The summed E-state index contributed by atoms with van der Waals surface area (Å²) >= 11 is 12.5. The van der Waals surface area contributed by atoms with Crippen molar-refractivity contribution >= 4 is 34.1 Å². The molecule has 27 heavy (non-hydrogen) atoms. The van der Waals surface area contributed by atoms with E-state index < -0.39 is 0 Å². The van der Waals surface area contributed by atoms with Gasteiger partial charge in [0.15, 0.2) is 0 Å². The van der Waals surface area contributed by atoms with Gasteiger partial charge in [0.2, 0.25) is 5.56 Å². The van der Waals surface area contributed by atoms with Crippen LogP contribution in [0.5, 0.6) is 5.75 Å². The highest BCUT2D eigenvalue weighted by Gasteiger charge is 2.12. The zero-order valence-electron chi connectivity index (χ0n) is 14.2. The molecule has 3 heterocycles. The molecule has 3 aromatic heterocycles. The van der Waals surface area contributed by atoms with Crippen LogP contribution < -0.4 is 10.3 Å². The molecule has 0 fully saturated rings. The maximum atomic E-state index is 11.3. The first kappa shape index (κ1) is 17.6. The molecule has 2 N–H and O–H groups in total. The molecule has 1 aromatic carbocycles.